The number of halogens is 2. The number of ether oxygens (including phenoxy) is 3. The van der Waals surface area contributed by atoms with Crippen LogP contribution in [-0.4, -0.2) is 55.5 Å². The lowest BCUT2D eigenvalue weighted by Crippen LogP contribution is -2.39. The minimum Gasteiger partial charge on any atom is -0.462 e. The Hall–Kier alpha value is -1.82. The molecular weight excluding hydrogens is 370 g/mol. The van der Waals surface area contributed by atoms with E-state index >= 15 is 0 Å². The van der Waals surface area contributed by atoms with E-state index in [1.54, 1.807) is 0 Å². The molecule has 3 fully saturated rings. The Bertz CT molecular complexity index is 717. The summed E-state index contributed by atoms with van der Waals surface area (Å²) in [6, 6.07) is 0. The predicted octanol–water partition coefficient (Wildman–Crippen LogP) is -0.249. The molecule has 5 atom stereocenters. The van der Waals surface area contributed by atoms with Crippen LogP contribution in [0.3, 0.4) is 0 Å². The fourth-order valence-corrected chi connectivity index (χ4v) is 4.16. The minimum absolute atomic E-state index is 0.0127. The van der Waals surface area contributed by atoms with Crippen molar-refractivity contribution in [1.29, 1.82) is 0 Å². The van der Waals surface area contributed by atoms with Crippen LogP contribution in [-0.2, 0) is 38.7 Å². The molecule has 1 N–H and O–H groups in total. The molecule has 25 heavy (non-hydrogen) atoms. The van der Waals surface area contributed by atoms with Crippen molar-refractivity contribution in [2.24, 2.45) is 23.7 Å². The lowest BCUT2D eigenvalue weighted by atomic mass is 9.80. The molecule has 0 aromatic heterocycles. The van der Waals surface area contributed by atoms with Crippen LogP contribution in [0.5, 0.6) is 0 Å². The molecular formula is C13H14F2O9S. The molecule has 0 spiro atoms. The summed E-state index contributed by atoms with van der Waals surface area (Å²) in [4.78, 5) is 34.8. The maximum Gasteiger partial charge on any atom is 0.465 e. The average Bonchev–Trinajstić information content (AvgIpc) is 3.11. The number of hydrogen-bond acceptors (Lipinski definition) is 8. The Morgan fingerprint density at radius 1 is 1.24 bits per heavy atom. The van der Waals surface area contributed by atoms with E-state index in [4.69, 9.17) is 14.0 Å². The first-order valence-corrected chi connectivity index (χ1v) is 8.87. The quantitative estimate of drug-likeness (QED) is 0.285. The molecule has 0 aromatic carbocycles. The molecule has 9 nitrogen and oxygen atoms in total. The Morgan fingerprint density at radius 3 is 2.52 bits per heavy atom. The standard InChI is InChI=1S/C13H14F2O9S/c14-13(15,25(19,20)21)12(18)23-2-1-22-10(16)8-5-3-6-7(4-5)24-11(17)9(6)8/h5-9H,1-4H2,(H,19,20,21). The molecule has 1 aliphatic heterocycles. The van der Waals surface area contributed by atoms with Crippen molar-refractivity contribution in [3.05, 3.63) is 0 Å². The summed E-state index contributed by atoms with van der Waals surface area (Å²) >= 11 is 0. The van der Waals surface area contributed by atoms with Gasteiger partial charge in [-0.3, -0.25) is 14.1 Å². The van der Waals surface area contributed by atoms with Gasteiger partial charge in [0.05, 0.1) is 11.8 Å². The smallest absolute Gasteiger partial charge is 0.462 e. The molecule has 1 heterocycles. The van der Waals surface area contributed by atoms with Gasteiger partial charge < -0.3 is 14.2 Å². The van der Waals surface area contributed by atoms with Crippen LogP contribution < -0.4 is 0 Å². The molecule has 0 amide bonds. The van der Waals surface area contributed by atoms with Gasteiger partial charge in [0.2, 0.25) is 0 Å². The summed E-state index contributed by atoms with van der Waals surface area (Å²) in [7, 11) is -5.95. The van der Waals surface area contributed by atoms with Gasteiger partial charge in [-0.25, -0.2) is 4.79 Å². The number of esters is 3. The molecule has 2 bridgehead atoms. The van der Waals surface area contributed by atoms with E-state index in [0.29, 0.717) is 12.8 Å². The molecule has 140 valence electrons. The zero-order chi connectivity index (χ0) is 18.6. The monoisotopic (exact) mass is 384 g/mol. The number of carbonyl (C=O) groups is 3. The molecule has 2 aliphatic carbocycles. The number of carbonyl (C=O) groups excluding carboxylic acids is 3. The minimum atomic E-state index is -5.95. The predicted molar refractivity (Wildman–Crippen MR) is 71.5 cm³/mol. The zero-order valence-corrected chi connectivity index (χ0v) is 13.4. The molecule has 1 saturated heterocycles. The number of hydrogen-bond donors (Lipinski definition) is 1. The van der Waals surface area contributed by atoms with Crippen LogP contribution in [0.1, 0.15) is 12.8 Å². The van der Waals surface area contributed by atoms with Gasteiger partial charge in [-0.05, 0) is 18.8 Å². The van der Waals surface area contributed by atoms with Crippen LogP contribution >= 0.6 is 0 Å². The maximum atomic E-state index is 12.9. The first kappa shape index (κ1) is 18.0. The Kier molecular flexibility index (Phi) is 4.22. The van der Waals surface area contributed by atoms with Crippen LogP contribution in [0.4, 0.5) is 8.78 Å². The summed E-state index contributed by atoms with van der Waals surface area (Å²) in [5.41, 5.74) is 0. The van der Waals surface area contributed by atoms with Crippen molar-refractivity contribution < 1.29 is 50.3 Å². The fraction of sp³-hybridized carbons (Fsp3) is 0.769. The molecule has 2 saturated carbocycles. The van der Waals surface area contributed by atoms with Gasteiger partial charge in [0.25, 0.3) is 0 Å². The Morgan fingerprint density at radius 2 is 1.88 bits per heavy atom. The van der Waals surface area contributed by atoms with Crippen molar-refractivity contribution in [2.45, 2.75) is 24.2 Å². The molecule has 3 rings (SSSR count). The number of alkyl halides is 2. The van der Waals surface area contributed by atoms with E-state index in [-0.39, 0.29) is 17.9 Å². The summed E-state index contributed by atoms with van der Waals surface area (Å²) < 4.78 is 68.8. The van der Waals surface area contributed by atoms with Crippen molar-refractivity contribution in [2.75, 3.05) is 13.2 Å². The van der Waals surface area contributed by atoms with E-state index in [1.165, 1.54) is 0 Å². The maximum absolute atomic E-state index is 12.9. The number of fused-ring (bicyclic) bond motifs is 1. The van der Waals surface area contributed by atoms with Crippen molar-refractivity contribution >= 4 is 28.0 Å². The topological polar surface area (TPSA) is 133 Å². The van der Waals surface area contributed by atoms with Crippen molar-refractivity contribution in [1.82, 2.24) is 0 Å². The van der Waals surface area contributed by atoms with Gasteiger partial charge in [0, 0.05) is 5.92 Å². The molecule has 12 heteroatoms. The molecule has 3 aliphatic rings. The fourth-order valence-electron chi connectivity index (χ4n) is 3.89. The van der Waals surface area contributed by atoms with Gasteiger partial charge in [-0.15, -0.1) is 0 Å². The zero-order valence-electron chi connectivity index (χ0n) is 12.6. The number of rotatable bonds is 6. The van der Waals surface area contributed by atoms with E-state index in [2.05, 4.69) is 4.74 Å². The third-order valence-electron chi connectivity index (χ3n) is 4.88. The van der Waals surface area contributed by atoms with Gasteiger partial charge >= 0.3 is 33.3 Å². The second kappa shape index (κ2) is 5.87. The largest absolute Gasteiger partial charge is 0.465 e. The highest BCUT2D eigenvalue weighted by molar-refractivity contribution is 7.87. The first-order chi connectivity index (χ1) is 11.5. The lowest BCUT2D eigenvalue weighted by molar-refractivity contribution is -0.167. The van der Waals surface area contributed by atoms with E-state index < -0.39 is 58.3 Å². The van der Waals surface area contributed by atoms with Gasteiger partial charge in [-0.2, -0.15) is 17.2 Å². The van der Waals surface area contributed by atoms with Crippen molar-refractivity contribution in [3.63, 3.8) is 0 Å². The van der Waals surface area contributed by atoms with Crippen LogP contribution in [0.25, 0.3) is 0 Å². The SMILES string of the molecule is O=C(OCCOC(=O)C(F)(F)S(=O)(=O)O)C1C2CC3OC(=O)C1C3C2. The van der Waals surface area contributed by atoms with Gasteiger partial charge in [0.15, 0.2) is 0 Å². The highest BCUT2D eigenvalue weighted by Crippen LogP contribution is 2.57. The molecule has 0 radical (unpaired) electrons. The van der Waals surface area contributed by atoms with Crippen LogP contribution in [0, 0.1) is 23.7 Å². The molecule has 0 aromatic rings. The van der Waals surface area contributed by atoms with Crippen LogP contribution in [0.2, 0.25) is 0 Å². The normalized spacial score (nSPS) is 33.2. The lowest BCUT2D eigenvalue weighted by Gasteiger charge is -2.22. The second-order valence-corrected chi connectivity index (χ2v) is 7.68. The van der Waals surface area contributed by atoms with E-state index in [1.807, 2.05) is 0 Å². The van der Waals surface area contributed by atoms with Gasteiger partial charge in [0.1, 0.15) is 19.3 Å². The van der Waals surface area contributed by atoms with Crippen LogP contribution in [0.15, 0.2) is 0 Å². The summed E-state index contributed by atoms with van der Waals surface area (Å²) in [6.07, 6.45) is 1.09. The van der Waals surface area contributed by atoms with Gasteiger partial charge in [-0.1, -0.05) is 0 Å². The van der Waals surface area contributed by atoms with Crippen molar-refractivity contribution in [3.8, 4) is 0 Å². The third kappa shape index (κ3) is 2.86. The molecule has 5 unspecified atom stereocenters. The Balaban J connectivity index is 1.48. The first-order valence-electron chi connectivity index (χ1n) is 7.43. The summed E-state index contributed by atoms with van der Waals surface area (Å²) in [6.45, 7) is -1.42. The average molecular weight is 384 g/mol. The Labute approximate surface area is 140 Å². The third-order valence-corrected chi connectivity index (χ3v) is 5.69. The summed E-state index contributed by atoms with van der Waals surface area (Å²) in [5.74, 6) is -4.95. The highest BCUT2D eigenvalue weighted by Gasteiger charge is 2.64. The summed E-state index contributed by atoms with van der Waals surface area (Å²) in [5, 5.41) is -5.11. The highest BCUT2D eigenvalue weighted by atomic mass is 32.2. The van der Waals surface area contributed by atoms with E-state index in [9.17, 15) is 31.6 Å². The second-order valence-electron chi connectivity index (χ2n) is 6.22. The van der Waals surface area contributed by atoms with E-state index in [0.717, 1.165) is 0 Å².